The van der Waals surface area contributed by atoms with Crippen LogP contribution in [0.25, 0.3) is 0 Å². The van der Waals surface area contributed by atoms with Crippen LogP contribution in [0.5, 0.6) is 0 Å². The Morgan fingerprint density at radius 2 is 2.00 bits per heavy atom. The Morgan fingerprint density at radius 1 is 1.24 bits per heavy atom. The second-order valence-corrected chi connectivity index (χ2v) is 6.27. The lowest BCUT2D eigenvalue weighted by Gasteiger charge is -2.35. The van der Waals surface area contributed by atoms with E-state index >= 15 is 0 Å². The van der Waals surface area contributed by atoms with E-state index in [1.165, 1.54) is 0 Å². The van der Waals surface area contributed by atoms with Gasteiger partial charge >= 0.3 is 6.03 Å². The van der Waals surface area contributed by atoms with Gasteiger partial charge in [-0.3, -0.25) is 9.48 Å². The van der Waals surface area contributed by atoms with Crippen molar-refractivity contribution in [3.8, 4) is 0 Å². The second kappa shape index (κ2) is 7.87. The third kappa shape index (κ3) is 4.40. The topological polar surface area (TPSA) is 86.3 Å². The SMILES string of the molecule is CC(CCn1cccn1)NC(=O)N1CCN(C(=O)c2ccc[nH]2)CC1. The zero-order valence-corrected chi connectivity index (χ0v) is 14.4. The predicted molar refractivity (Wildman–Crippen MR) is 93.1 cm³/mol. The molecule has 1 aliphatic heterocycles. The van der Waals surface area contributed by atoms with Crippen molar-refractivity contribution in [3.63, 3.8) is 0 Å². The van der Waals surface area contributed by atoms with Gasteiger partial charge in [-0.2, -0.15) is 5.10 Å². The Balaban J connectivity index is 1.41. The molecule has 0 aliphatic carbocycles. The van der Waals surface area contributed by atoms with E-state index in [1.807, 2.05) is 29.9 Å². The van der Waals surface area contributed by atoms with Gasteiger partial charge in [-0.25, -0.2) is 4.79 Å². The van der Waals surface area contributed by atoms with Crippen molar-refractivity contribution in [1.82, 2.24) is 29.9 Å². The Morgan fingerprint density at radius 3 is 2.64 bits per heavy atom. The molecule has 1 saturated heterocycles. The molecule has 0 bridgehead atoms. The molecular formula is C17H24N6O2. The molecule has 3 amide bonds. The second-order valence-electron chi connectivity index (χ2n) is 6.27. The molecule has 3 heterocycles. The summed E-state index contributed by atoms with van der Waals surface area (Å²) >= 11 is 0. The number of H-pyrrole nitrogens is 1. The average molecular weight is 344 g/mol. The third-order valence-electron chi connectivity index (χ3n) is 4.40. The van der Waals surface area contributed by atoms with E-state index in [2.05, 4.69) is 15.4 Å². The predicted octanol–water partition coefficient (Wildman–Crippen LogP) is 1.16. The number of nitrogens with zero attached hydrogens (tertiary/aromatic N) is 4. The van der Waals surface area contributed by atoms with Crippen molar-refractivity contribution in [2.45, 2.75) is 25.9 Å². The average Bonchev–Trinajstić information content (AvgIpc) is 3.33. The summed E-state index contributed by atoms with van der Waals surface area (Å²) in [5.41, 5.74) is 0.588. The Labute approximate surface area is 146 Å². The van der Waals surface area contributed by atoms with Crippen molar-refractivity contribution < 1.29 is 9.59 Å². The molecule has 2 N–H and O–H groups in total. The van der Waals surface area contributed by atoms with Gasteiger partial charge in [0.05, 0.1) is 0 Å². The van der Waals surface area contributed by atoms with E-state index in [0.717, 1.165) is 13.0 Å². The van der Waals surface area contributed by atoms with Gasteiger partial charge < -0.3 is 20.1 Å². The van der Waals surface area contributed by atoms with Crippen molar-refractivity contribution in [2.75, 3.05) is 26.2 Å². The van der Waals surface area contributed by atoms with Crippen molar-refractivity contribution >= 4 is 11.9 Å². The molecule has 0 saturated carbocycles. The summed E-state index contributed by atoms with van der Waals surface area (Å²) in [5.74, 6) is -0.0161. The highest BCUT2D eigenvalue weighted by molar-refractivity contribution is 5.92. The van der Waals surface area contributed by atoms with E-state index in [0.29, 0.717) is 31.9 Å². The number of hydrogen-bond acceptors (Lipinski definition) is 3. The van der Waals surface area contributed by atoms with Crippen LogP contribution in [-0.2, 0) is 6.54 Å². The van der Waals surface area contributed by atoms with Gasteiger partial charge in [0.2, 0.25) is 0 Å². The summed E-state index contributed by atoms with van der Waals surface area (Å²) < 4.78 is 1.85. The molecule has 1 fully saturated rings. The molecule has 1 atom stereocenters. The number of piperazine rings is 1. The number of urea groups is 1. The van der Waals surface area contributed by atoms with E-state index in [1.54, 1.807) is 28.3 Å². The molecule has 1 aliphatic rings. The zero-order valence-electron chi connectivity index (χ0n) is 14.4. The Hall–Kier alpha value is -2.77. The molecular weight excluding hydrogens is 320 g/mol. The molecule has 25 heavy (non-hydrogen) atoms. The lowest BCUT2D eigenvalue weighted by Crippen LogP contribution is -2.54. The van der Waals surface area contributed by atoms with Crippen LogP contribution in [0.1, 0.15) is 23.8 Å². The van der Waals surface area contributed by atoms with E-state index in [4.69, 9.17) is 0 Å². The first-order valence-electron chi connectivity index (χ1n) is 8.59. The summed E-state index contributed by atoms with van der Waals surface area (Å²) in [6.07, 6.45) is 6.21. The molecule has 1 unspecified atom stereocenters. The summed E-state index contributed by atoms with van der Waals surface area (Å²) in [6, 6.07) is 5.46. The summed E-state index contributed by atoms with van der Waals surface area (Å²) in [4.78, 5) is 31.1. The van der Waals surface area contributed by atoms with Crippen LogP contribution >= 0.6 is 0 Å². The van der Waals surface area contributed by atoms with Crippen molar-refractivity contribution in [3.05, 3.63) is 42.5 Å². The minimum atomic E-state index is -0.0695. The maximum absolute atomic E-state index is 12.4. The smallest absolute Gasteiger partial charge is 0.317 e. The van der Waals surface area contributed by atoms with Crippen molar-refractivity contribution in [2.24, 2.45) is 0 Å². The molecule has 0 aromatic carbocycles. The fourth-order valence-electron chi connectivity index (χ4n) is 2.88. The fraction of sp³-hybridized carbons (Fsp3) is 0.471. The molecule has 134 valence electrons. The summed E-state index contributed by atoms with van der Waals surface area (Å²) in [6.45, 7) is 4.95. The highest BCUT2D eigenvalue weighted by atomic mass is 16.2. The fourth-order valence-corrected chi connectivity index (χ4v) is 2.88. The lowest BCUT2D eigenvalue weighted by molar-refractivity contribution is 0.0658. The van der Waals surface area contributed by atoms with Crippen LogP contribution < -0.4 is 5.32 Å². The number of nitrogens with one attached hydrogen (secondary N) is 2. The van der Waals surface area contributed by atoms with Gasteiger partial charge in [0.15, 0.2) is 0 Å². The first-order valence-corrected chi connectivity index (χ1v) is 8.59. The first kappa shape index (κ1) is 17.1. The molecule has 2 aromatic heterocycles. The van der Waals surface area contributed by atoms with E-state index in [9.17, 15) is 9.59 Å². The van der Waals surface area contributed by atoms with E-state index < -0.39 is 0 Å². The molecule has 8 heteroatoms. The van der Waals surface area contributed by atoms with Crippen LogP contribution in [0.2, 0.25) is 0 Å². The number of amides is 3. The number of aromatic nitrogens is 3. The maximum Gasteiger partial charge on any atom is 0.317 e. The quantitative estimate of drug-likeness (QED) is 0.853. The van der Waals surface area contributed by atoms with Gasteiger partial charge in [0.1, 0.15) is 5.69 Å². The summed E-state index contributed by atoms with van der Waals surface area (Å²) in [5, 5.41) is 7.18. The van der Waals surface area contributed by atoms with Crippen LogP contribution in [0.3, 0.4) is 0 Å². The normalized spacial score (nSPS) is 15.9. The molecule has 0 radical (unpaired) electrons. The molecule has 0 spiro atoms. The number of carbonyl (C=O) groups is 2. The maximum atomic E-state index is 12.4. The van der Waals surface area contributed by atoms with Crippen LogP contribution in [-0.4, -0.2) is 68.7 Å². The number of rotatable bonds is 5. The third-order valence-corrected chi connectivity index (χ3v) is 4.40. The molecule has 8 nitrogen and oxygen atoms in total. The van der Waals surface area contributed by atoms with Crippen molar-refractivity contribution in [1.29, 1.82) is 0 Å². The van der Waals surface area contributed by atoms with Gasteiger partial charge in [0, 0.05) is 57.4 Å². The lowest BCUT2D eigenvalue weighted by atomic mass is 10.2. The highest BCUT2D eigenvalue weighted by Gasteiger charge is 2.25. The summed E-state index contributed by atoms with van der Waals surface area (Å²) in [7, 11) is 0. The van der Waals surface area contributed by atoms with E-state index in [-0.39, 0.29) is 18.0 Å². The van der Waals surface area contributed by atoms with Gasteiger partial charge in [-0.15, -0.1) is 0 Å². The highest BCUT2D eigenvalue weighted by Crippen LogP contribution is 2.08. The molecule has 3 rings (SSSR count). The standard InChI is InChI=1S/C17H24N6O2/c1-14(5-9-23-8-3-7-19-23)20-17(25)22-12-10-21(11-13-22)16(24)15-4-2-6-18-15/h2-4,6-8,14,18H,5,9-13H2,1H3,(H,20,25). The number of hydrogen-bond donors (Lipinski definition) is 2. The first-order chi connectivity index (χ1) is 12.1. The number of aryl methyl sites for hydroxylation is 1. The van der Waals surface area contributed by atoms with Gasteiger partial charge in [-0.1, -0.05) is 0 Å². The van der Waals surface area contributed by atoms with Crippen LogP contribution in [0.15, 0.2) is 36.8 Å². The minimum absolute atomic E-state index is 0.0161. The molecule has 2 aromatic rings. The van der Waals surface area contributed by atoms with Gasteiger partial charge in [0.25, 0.3) is 5.91 Å². The number of aromatic amines is 1. The zero-order chi connectivity index (χ0) is 17.6. The monoisotopic (exact) mass is 344 g/mol. The largest absolute Gasteiger partial charge is 0.357 e. The number of carbonyl (C=O) groups excluding carboxylic acids is 2. The van der Waals surface area contributed by atoms with Gasteiger partial charge in [-0.05, 0) is 31.5 Å². The minimum Gasteiger partial charge on any atom is -0.357 e. The van der Waals surface area contributed by atoms with Crippen LogP contribution in [0, 0.1) is 0 Å². The van der Waals surface area contributed by atoms with Crippen LogP contribution in [0.4, 0.5) is 4.79 Å². The Bertz CT molecular complexity index is 674. The Kier molecular flexibility index (Phi) is 5.37.